The third-order valence-electron chi connectivity index (χ3n) is 4.66. The van der Waals surface area contributed by atoms with Gasteiger partial charge in [0.05, 0.1) is 6.33 Å². The van der Waals surface area contributed by atoms with E-state index in [1.54, 1.807) is 22.1 Å². The largest absolute Gasteiger partial charge is 0.339 e. The van der Waals surface area contributed by atoms with E-state index in [1.165, 1.54) is 6.33 Å². The molecule has 0 radical (unpaired) electrons. The summed E-state index contributed by atoms with van der Waals surface area (Å²) in [5.41, 5.74) is -0.327. The summed E-state index contributed by atoms with van der Waals surface area (Å²) >= 11 is 0. The lowest BCUT2D eigenvalue weighted by atomic mass is 9.79. The molecule has 0 unspecified atom stereocenters. The highest BCUT2D eigenvalue weighted by atomic mass is 32.2. The molecule has 3 heterocycles. The number of piperidine rings is 2. The first kappa shape index (κ1) is 14.0. The predicted molar refractivity (Wildman–Crippen MR) is 75.8 cm³/mol. The maximum atomic E-state index is 12.9. The molecule has 7 heteroatoms. The lowest BCUT2D eigenvalue weighted by Gasteiger charge is -2.51. The van der Waals surface area contributed by atoms with Gasteiger partial charge in [-0.3, -0.25) is 0 Å². The van der Waals surface area contributed by atoms with Gasteiger partial charge in [0.1, 0.15) is 0 Å². The number of hydrogen-bond acceptors (Lipinski definition) is 4. The first-order valence-electron chi connectivity index (χ1n) is 7.19. The lowest BCUT2D eigenvalue weighted by molar-refractivity contribution is 0.0709. The van der Waals surface area contributed by atoms with E-state index in [1.807, 2.05) is 0 Å². The van der Waals surface area contributed by atoms with E-state index >= 15 is 0 Å². The molecule has 6 nitrogen and oxygen atoms in total. The molecule has 0 spiro atoms. The van der Waals surface area contributed by atoms with E-state index in [4.69, 9.17) is 0 Å². The number of imidazole rings is 1. The fourth-order valence-corrected chi connectivity index (χ4v) is 5.40. The Morgan fingerprint density at radius 1 is 1.45 bits per heavy atom. The van der Waals surface area contributed by atoms with Crippen molar-refractivity contribution in [2.75, 3.05) is 13.1 Å². The molecule has 20 heavy (non-hydrogen) atoms. The number of sulfonamides is 1. The number of nitrogens with zero attached hydrogens (tertiary/aromatic N) is 3. The van der Waals surface area contributed by atoms with Crippen LogP contribution >= 0.6 is 0 Å². The molecule has 1 aromatic rings. The number of hydrogen-bond donors (Lipinski definition) is 1. The van der Waals surface area contributed by atoms with E-state index in [0.29, 0.717) is 6.54 Å². The van der Waals surface area contributed by atoms with Gasteiger partial charge in [-0.05, 0) is 39.2 Å². The van der Waals surface area contributed by atoms with Gasteiger partial charge in [0.2, 0.25) is 0 Å². The SMILES string of the molecule is Cn1cnc(S(=O)(=O)N2CCC[C@H]3NCCC[C@@]32C)c1. The number of fused-ring (bicyclic) bond motifs is 1. The molecule has 0 bridgehead atoms. The molecular formula is C13H22N4O2S. The van der Waals surface area contributed by atoms with Gasteiger partial charge in [-0.1, -0.05) is 0 Å². The van der Waals surface area contributed by atoms with Gasteiger partial charge >= 0.3 is 0 Å². The van der Waals surface area contributed by atoms with E-state index in [9.17, 15) is 8.42 Å². The van der Waals surface area contributed by atoms with Gasteiger partial charge < -0.3 is 9.88 Å². The van der Waals surface area contributed by atoms with Gasteiger partial charge in [0.25, 0.3) is 10.0 Å². The molecule has 1 aromatic heterocycles. The zero-order valence-electron chi connectivity index (χ0n) is 12.0. The van der Waals surface area contributed by atoms with Crippen LogP contribution in [0.15, 0.2) is 17.6 Å². The van der Waals surface area contributed by atoms with Crippen molar-refractivity contribution in [3.63, 3.8) is 0 Å². The highest BCUT2D eigenvalue weighted by Gasteiger charge is 2.49. The van der Waals surface area contributed by atoms with Crippen LogP contribution in [0.1, 0.15) is 32.6 Å². The third-order valence-corrected chi connectivity index (χ3v) is 6.58. The maximum absolute atomic E-state index is 12.9. The van der Waals surface area contributed by atoms with Crippen molar-refractivity contribution < 1.29 is 8.42 Å². The first-order valence-corrected chi connectivity index (χ1v) is 8.63. The summed E-state index contributed by atoms with van der Waals surface area (Å²) in [7, 11) is -1.72. The van der Waals surface area contributed by atoms with Crippen LogP contribution in [-0.4, -0.2) is 46.9 Å². The minimum Gasteiger partial charge on any atom is -0.339 e. The molecule has 112 valence electrons. The van der Waals surface area contributed by atoms with Crippen LogP contribution in [0.25, 0.3) is 0 Å². The second-order valence-electron chi connectivity index (χ2n) is 6.06. The van der Waals surface area contributed by atoms with E-state index < -0.39 is 10.0 Å². The highest BCUT2D eigenvalue weighted by Crippen LogP contribution is 2.38. The van der Waals surface area contributed by atoms with Crippen molar-refractivity contribution in [3.8, 4) is 0 Å². The Kier molecular flexibility index (Phi) is 3.38. The average Bonchev–Trinajstić information content (AvgIpc) is 2.84. The van der Waals surface area contributed by atoms with Crippen LogP contribution in [0.4, 0.5) is 0 Å². The van der Waals surface area contributed by atoms with Crippen LogP contribution in [-0.2, 0) is 17.1 Å². The van der Waals surface area contributed by atoms with Gasteiger partial charge in [0, 0.05) is 31.4 Å². The lowest BCUT2D eigenvalue weighted by Crippen LogP contribution is -2.66. The molecule has 2 fully saturated rings. The summed E-state index contributed by atoms with van der Waals surface area (Å²) in [6.45, 7) is 3.65. The smallest absolute Gasteiger partial charge is 0.262 e. The summed E-state index contributed by atoms with van der Waals surface area (Å²) in [5.74, 6) is 0. The summed E-state index contributed by atoms with van der Waals surface area (Å²) < 4.78 is 29.1. The number of aryl methyl sites for hydroxylation is 1. The Morgan fingerprint density at radius 3 is 2.95 bits per heavy atom. The minimum atomic E-state index is -3.51. The molecule has 2 atom stereocenters. The summed E-state index contributed by atoms with van der Waals surface area (Å²) in [4.78, 5) is 4.04. The summed E-state index contributed by atoms with van der Waals surface area (Å²) in [5, 5.41) is 3.65. The Bertz CT molecular complexity index is 595. The van der Waals surface area contributed by atoms with Crippen LogP contribution in [0.3, 0.4) is 0 Å². The number of nitrogens with one attached hydrogen (secondary N) is 1. The van der Waals surface area contributed by atoms with Crippen molar-refractivity contribution in [2.24, 2.45) is 7.05 Å². The minimum absolute atomic E-state index is 0.160. The van der Waals surface area contributed by atoms with Crippen molar-refractivity contribution in [1.29, 1.82) is 0 Å². The zero-order valence-corrected chi connectivity index (χ0v) is 12.9. The molecule has 0 aliphatic carbocycles. The molecule has 1 N–H and O–H groups in total. The highest BCUT2D eigenvalue weighted by molar-refractivity contribution is 7.89. The van der Waals surface area contributed by atoms with E-state index in [-0.39, 0.29) is 16.6 Å². The molecule has 2 aliphatic rings. The number of aromatic nitrogens is 2. The average molecular weight is 298 g/mol. The quantitative estimate of drug-likeness (QED) is 0.873. The Hall–Kier alpha value is -0.920. The predicted octanol–water partition coefficient (Wildman–Crippen LogP) is 0.715. The van der Waals surface area contributed by atoms with Crippen molar-refractivity contribution in [3.05, 3.63) is 12.5 Å². The second kappa shape index (κ2) is 4.82. The van der Waals surface area contributed by atoms with Crippen LogP contribution < -0.4 is 5.32 Å². The van der Waals surface area contributed by atoms with Gasteiger partial charge in [-0.2, -0.15) is 4.31 Å². The monoisotopic (exact) mass is 298 g/mol. The molecule has 0 amide bonds. The van der Waals surface area contributed by atoms with Gasteiger partial charge in [-0.25, -0.2) is 13.4 Å². The molecule has 0 saturated carbocycles. The molecule has 2 saturated heterocycles. The standard InChI is InChI=1S/C13H22N4O2S/c1-13-6-4-7-14-11(13)5-3-8-17(13)20(18,19)12-9-16(2)10-15-12/h9-11,14H,3-8H2,1-2H3/t11-,13+/m1/s1. The van der Waals surface area contributed by atoms with Gasteiger partial charge in [0.15, 0.2) is 5.03 Å². The maximum Gasteiger partial charge on any atom is 0.262 e. The molecule has 2 aliphatic heterocycles. The summed E-state index contributed by atoms with van der Waals surface area (Å²) in [6, 6.07) is 0.253. The van der Waals surface area contributed by atoms with Crippen LogP contribution in [0.5, 0.6) is 0 Å². The van der Waals surface area contributed by atoms with Crippen LogP contribution in [0.2, 0.25) is 0 Å². The molecular weight excluding hydrogens is 276 g/mol. The van der Waals surface area contributed by atoms with Gasteiger partial charge in [-0.15, -0.1) is 0 Å². The Balaban J connectivity index is 1.99. The second-order valence-corrected chi connectivity index (χ2v) is 7.87. The first-order chi connectivity index (χ1) is 9.44. The topological polar surface area (TPSA) is 67.2 Å². The van der Waals surface area contributed by atoms with Crippen molar-refractivity contribution >= 4 is 10.0 Å². The van der Waals surface area contributed by atoms with Crippen LogP contribution in [0, 0.1) is 0 Å². The third kappa shape index (κ3) is 2.08. The molecule has 3 rings (SSSR count). The summed E-state index contributed by atoms with van der Waals surface area (Å²) in [6.07, 6.45) is 7.00. The molecule has 0 aromatic carbocycles. The fraction of sp³-hybridized carbons (Fsp3) is 0.769. The number of rotatable bonds is 2. The Morgan fingerprint density at radius 2 is 2.25 bits per heavy atom. The zero-order chi connectivity index (χ0) is 14.4. The van der Waals surface area contributed by atoms with Crippen molar-refractivity contribution in [1.82, 2.24) is 19.2 Å². The van der Waals surface area contributed by atoms with E-state index in [0.717, 1.165) is 32.2 Å². The van der Waals surface area contributed by atoms with E-state index in [2.05, 4.69) is 17.2 Å². The van der Waals surface area contributed by atoms with Crippen molar-refractivity contribution in [2.45, 2.75) is 49.2 Å². The fourth-order valence-electron chi connectivity index (χ4n) is 3.55. The Labute approximate surface area is 120 Å². The normalized spacial score (nSPS) is 32.0.